The molecular formula is C12H17N5. The van der Waals surface area contributed by atoms with Gasteiger partial charge in [-0.15, -0.1) is 0 Å². The summed E-state index contributed by atoms with van der Waals surface area (Å²) in [6.45, 7) is 2.00. The number of aryl methyl sites for hydroxylation is 2. The molecule has 0 fully saturated rings. The molecule has 2 aromatic rings. The fourth-order valence-electron chi connectivity index (χ4n) is 1.93. The lowest BCUT2D eigenvalue weighted by Gasteiger charge is -2.15. The topological polar surface area (TPSA) is 55.6 Å². The van der Waals surface area contributed by atoms with Gasteiger partial charge in [0.1, 0.15) is 6.33 Å². The van der Waals surface area contributed by atoms with Crippen molar-refractivity contribution in [2.24, 2.45) is 7.05 Å². The average molecular weight is 231 g/mol. The molecule has 1 unspecified atom stereocenters. The standard InChI is InChI=1S/C12H17N5/c1-9-6-10(17(3)16-9)7-12(13-2)11-4-5-14-8-15-11/h4-6,8,12-13H,7H2,1-3H3. The second-order valence-electron chi connectivity index (χ2n) is 4.08. The van der Waals surface area contributed by atoms with Crippen LogP contribution in [0.2, 0.25) is 0 Å². The Morgan fingerprint density at radius 2 is 2.29 bits per heavy atom. The van der Waals surface area contributed by atoms with Crippen LogP contribution >= 0.6 is 0 Å². The van der Waals surface area contributed by atoms with Crippen LogP contribution in [-0.4, -0.2) is 26.8 Å². The van der Waals surface area contributed by atoms with Crippen molar-refractivity contribution in [2.75, 3.05) is 7.05 Å². The van der Waals surface area contributed by atoms with Gasteiger partial charge in [0, 0.05) is 25.4 Å². The van der Waals surface area contributed by atoms with Crippen LogP contribution in [0.4, 0.5) is 0 Å². The lowest BCUT2D eigenvalue weighted by molar-refractivity contribution is 0.547. The van der Waals surface area contributed by atoms with Crippen LogP contribution in [0, 0.1) is 6.92 Å². The van der Waals surface area contributed by atoms with Crippen molar-refractivity contribution in [2.45, 2.75) is 19.4 Å². The predicted octanol–water partition coefficient (Wildman–Crippen LogP) is 1.02. The third-order valence-corrected chi connectivity index (χ3v) is 2.82. The quantitative estimate of drug-likeness (QED) is 0.853. The summed E-state index contributed by atoms with van der Waals surface area (Å²) in [7, 11) is 3.91. The fourth-order valence-corrected chi connectivity index (χ4v) is 1.93. The number of hydrogen-bond donors (Lipinski definition) is 1. The number of nitrogens with zero attached hydrogens (tertiary/aromatic N) is 4. The molecule has 2 heterocycles. The van der Waals surface area contributed by atoms with E-state index in [1.54, 1.807) is 12.5 Å². The maximum atomic E-state index is 4.35. The van der Waals surface area contributed by atoms with Gasteiger partial charge in [-0.1, -0.05) is 0 Å². The van der Waals surface area contributed by atoms with Gasteiger partial charge in [0.05, 0.1) is 17.4 Å². The van der Waals surface area contributed by atoms with Crippen molar-refractivity contribution in [1.29, 1.82) is 0 Å². The SMILES string of the molecule is CNC(Cc1cc(C)nn1C)c1ccncn1. The summed E-state index contributed by atoms with van der Waals surface area (Å²) in [5.41, 5.74) is 3.24. The molecule has 0 saturated carbocycles. The predicted molar refractivity (Wildman–Crippen MR) is 65.5 cm³/mol. The normalized spacial score (nSPS) is 12.6. The zero-order valence-electron chi connectivity index (χ0n) is 10.4. The van der Waals surface area contributed by atoms with Gasteiger partial charge in [-0.25, -0.2) is 9.97 Å². The van der Waals surface area contributed by atoms with Gasteiger partial charge >= 0.3 is 0 Å². The third-order valence-electron chi connectivity index (χ3n) is 2.82. The highest BCUT2D eigenvalue weighted by Crippen LogP contribution is 2.15. The molecule has 90 valence electrons. The molecule has 0 aliphatic carbocycles. The largest absolute Gasteiger partial charge is 0.311 e. The number of likely N-dealkylation sites (N-methyl/N-ethyl adjacent to an activating group) is 1. The van der Waals surface area contributed by atoms with E-state index < -0.39 is 0 Å². The summed E-state index contributed by atoms with van der Waals surface area (Å²) in [4.78, 5) is 8.21. The summed E-state index contributed by atoms with van der Waals surface area (Å²) in [5, 5.41) is 7.62. The minimum atomic E-state index is 0.188. The minimum absolute atomic E-state index is 0.188. The van der Waals surface area contributed by atoms with Crippen LogP contribution in [-0.2, 0) is 13.5 Å². The molecule has 1 N–H and O–H groups in total. The molecule has 5 nitrogen and oxygen atoms in total. The lowest BCUT2D eigenvalue weighted by Crippen LogP contribution is -2.21. The van der Waals surface area contributed by atoms with Gasteiger partial charge in [-0.2, -0.15) is 5.10 Å². The Labute approximate surface area is 101 Å². The summed E-state index contributed by atoms with van der Waals surface area (Å²) in [6.07, 6.45) is 4.21. The Morgan fingerprint density at radius 1 is 1.47 bits per heavy atom. The monoisotopic (exact) mass is 231 g/mol. The Hall–Kier alpha value is -1.75. The van der Waals surface area contributed by atoms with Crippen molar-refractivity contribution < 1.29 is 0 Å². The highest BCUT2D eigenvalue weighted by Gasteiger charge is 2.13. The van der Waals surface area contributed by atoms with E-state index in [0.29, 0.717) is 0 Å². The van der Waals surface area contributed by atoms with E-state index in [0.717, 1.165) is 17.8 Å². The Morgan fingerprint density at radius 3 is 2.82 bits per heavy atom. The lowest BCUT2D eigenvalue weighted by atomic mass is 10.1. The smallest absolute Gasteiger partial charge is 0.115 e. The van der Waals surface area contributed by atoms with E-state index in [9.17, 15) is 0 Å². The number of rotatable bonds is 4. The van der Waals surface area contributed by atoms with Crippen molar-refractivity contribution in [3.05, 3.63) is 41.7 Å². The molecular weight excluding hydrogens is 214 g/mol. The van der Waals surface area contributed by atoms with Gasteiger partial charge in [-0.05, 0) is 26.1 Å². The molecule has 2 aromatic heterocycles. The molecule has 0 amide bonds. The van der Waals surface area contributed by atoms with E-state index in [1.165, 1.54) is 5.69 Å². The maximum Gasteiger partial charge on any atom is 0.115 e. The highest BCUT2D eigenvalue weighted by atomic mass is 15.3. The first-order chi connectivity index (χ1) is 8.20. The summed E-state index contributed by atoms with van der Waals surface area (Å²) in [6, 6.07) is 4.23. The molecule has 5 heteroatoms. The molecule has 0 saturated heterocycles. The van der Waals surface area contributed by atoms with E-state index >= 15 is 0 Å². The second-order valence-corrected chi connectivity index (χ2v) is 4.08. The molecule has 17 heavy (non-hydrogen) atoms. The van der Waals surface area contributed by atoms with Crippen molar-refractivity contribution in [3.63, 3.8) is 0 Å². The fraction of sp³-hybridized carbons (Fsp3) is 0.417. The van der Waals surface area contributed by atoms with Gasteiger partial charge in [0.15, 0.2) is 0 Å². The van der Waals surface area contributed by atoms with Crippen LogP contribution in [0.25, 0.3) is 0 Å². The Balaban J connectivity index is 2.18. The molecule has 2 rings (SSSR count). The van der Waals surface area contributed by atoms with Crippen molar-refractivity contribution in [1.82, 2.24) is 25.1 Å². The summed E-state index contributed by atoms with van der Waals surface area (Å²) < 4.78 is 1.92. The van der Waals surface area contributed by atoms with Crippen molar-refractivity contribution in [3.8, 4) is 0 Å². The van der Waals surface area contributed by atoms with Crippen LogP contribution in [0.1, 0.15) is 23.1 Å². The average Bonchev–Trinajstić information content (AvgIpc) is 2.66. The van der Waals surface area contributed by atoms with Crippen LogP contribution in [0.3, 0.4) is 0 Å². The molecule has 0 spiro atoms. The first-order valence-corrected chi connectivity index (χ1v) is 5.63. The maximum absolute atomic E-state index is 4.35. The Kier molecular flexibility index (Phi) is 3.49. The van der Waals surface area contributed by atoms with Gasteiger partial charge in [-0.3, -0.25) is 4.68 Å². The summed E-state index contributed by atoms with van der Waals surface area (Å²) >= 11 is 0. The molecule has 1 atom stereocenters. The highest BCUT2D eigenvalue weighted by molar-refractivity contribution is 5.14. The molecule has 0 aliphatic heterocycles. The molecule has 0 aliphatic rings. The zero-order valence-corrected chi connectivity index (χ0v) is 10.4. The van der Waals surface area contributed by atoms with E-state index in [4.69, 9.17) is 0 Å². The first-order valence-electron chi connectivity index (χ1n) is 5.63. The zero-order chi connectivity index (χ0) is 12.3. The Bertz CT molecular complexity index is 477. The van der Waals surface area contributed by atoms with Gasteiger partial charge < -0.3 is 5.32 Å². The third kappa shape index (κ3) is 2.68. The van der Waals surface area contributed by atoms with Gasteiger partial charge in [0.25, 0.3) is 0 Å². The number of aromatic nitrogens is 4. The van der Waals surface area contributed by atoms with E-state index in [2.05, 4.69) is 26.4 Å². The minimum Gasteiger partial charge on any atom is -0.311 e. The summed E-state index contributed by atoms with van der Waals surface area (Å²) in [5.74, 6) is 0. The van der Waals surface area contributed by atoms with Gasteiger partial charge in [0.2, 0.25) is 0 Å². The molecule has 0 bridgehead atoms. The van der Waals surface area contributed by atoms with E-state index in [1.807, 2.05) is 31.8 Å². The number of nitrogens with one attached hydrogen (secondary N) is 1. The van der Waals surface area contributed by atoms with E-state index in [-0.39, 0.29) is 6.04 Å². The van der Waals surface area contributed by atoms with Crippen LogP contribution < -0.4 is 5.32 Å². The van der Waals surface area contributed by atoms with Crippen molar-refractivity contribution >= 4 is 0 Å². The van der Waals surface area contributed by atoms with Crippen LogP contribution in [0.15, 0.2) is 24.7 Å². The first kappa shape index (κ1) is 11.7. The van der Waals surface area contributed by atoms with Crippen LogP contribution in [0.5, 0.6) is 0 Å². The molecule has 0 aromatic carbocycles. The molecule has 0 radical (unpaired) electrons. The second kappa shape index (κ2) is 5.05. The number of hydrogen-bond acceptors (Lipinski definition) is 4.